The van der Waals surface area contributed by atoms with Gasteiger partial charge in [0.25, 0.3) is 0 Å². The lowest BCUT2D eigenvalue weighted by Gasteiger charge is -2.38. The minimum absolute atomic E-state index is 0.166. The van der Waals surface area contributed by atoms with Gasteiger partial charge >= 0.3 is 0 Å². The SMILES string of the molecule is CCC1CCC(N(C(=O)C(C)C)C2CC2)CC1. The van der Waals surface area contributed by atoms with Crippen molar-refractivity contribution >= 4 is 5.91 Å². The van der Waals surface area contributed by atoms with Crippen molar-refractivity contribution in [3.05, 3.63) is 0 Å². The van der Waals surface area contributed by atoms with Gasteiger partial charge in [0.2, 0.25) is 5.91 Å². The average molecular weight is 237 g/mol. The van der Waals surface area contributed by atoms with Gasteiger partial charge in [-0.05, 0) is 44.4 Å². The first kappa shape index (κ1) is 12.9. The van der Waals surface area contributed by atoms with Crippen LogP contribution < -0.4 is 0 Å². The lowest BCUT2D eigenvalue weighted by molar-refractivity contribution is -0.138. The third-order valence-electron chi connectivity index (χ3n) is 4.48. The molecule has 98 valence electrons. The van der Waals surface area contributed by atoms with E-state index in [0.29, 0.717) is 18.0 Å². The Balaban J connectivity index is 1.95. The topological polar surface area (TPSA) is 20.3 Å². The number of nitrogens with zero attached hydrogens (tertiary/aromatic N) is 1. The first-order valence-electron chi connectivity index (χ1n) is 7.45. The summed E-state index contributed by atoms with van der Waals surface area (Å²) in [5.74, 6) is 1.48. The number of rotatable bonds is 4. The molecule has 0 aromatic heterocycles. The minimum atomic E-state index is 0.166. The van der Waals surface area contributed by atoms with Crippen LogP contribution in [-0.2, 0) is 4.79 Å². The van der Waals surface area contributed by atoms with E-state index in [-0.39, 0.29) is 5.92 Å². The van der Waals surface area contributed by atoms with Gasteiger partial charge in [-0.3, -0.25) is 4.79 Å². The number of hydrogen-bond donors (Lipinski definition) is 0. The highest BCUT2D eigenvalue weighted by Crippen LogP contribution is 2.36. The molecule has 2 rings (SSSR count). The zero-order chi connectivity index (χ0) is 12.4. The van der Waals surface area contributed by atoms with E-state index in [1.165, 1.54) is 44.9 Å². The highest BCUT2D eigenvalue weighted by atomic mass is 16.2. The van der Waals surface area contributed by atoms with Crippen LogP contribution in [0.3, 0.4) is 0 Å². The van der Waals surface area contributed by atoms with Crippen molar-refractivity contribution in [2.45, 2.75) is 77.8 Å². The monoisotopic (exact) mass is 237 g/mol. The molecule has 0 aliphatic heterocycles. The van der Waals surface area contributed by atoms with Gasteiger partial charge in [-0.15, -0.1) is 0 Å². The summed E-state index contributed by atoms with van der Waals surface area (Å²) in [6, 6.07) is 1.15. The fourth-order valence-corrected chi connectivity index (χ4v) is 3.14. The molecule has 0 radical (unpaired) electrons. The normalized spacial score (nSPS) is 29.4. The Labute approximate surface area is 106 Å². The maximum atomic E-state index is 12.3. The molecule has 0 saturated heterocycles. The molecule has 17 heavy (non-hydrogen) atoms. The van der Waals surface area contributed by atoms with E-state index in [4.69, 9.17) is 0 Å². The molecule has 2 aliphatic carbocycles. The summed E-state index contributed by atoms with van der Waals surface area (Å²) in [5.41, 5.74) is 0. The van der Waals surface area contributed by atoms with Crippen LogP contribution in [0.1, 0.15) is 65.7 Å². The van der Waals surface area contributed by atoms with Crippen molar-refractivity contribution in [3.8, 4) is 0 Å². The summed E-state index contributed by atoms with van der Waals surface area (Å²) in [5, 5.41) is 0. The van der Waals surface area contributed by atoms with E-state index in [1.54, 1.807) is 0 Å². The van der Waals surface area contributed by atoms with Gasteiger partial charge in [-0.25, -0.2) is 0 Å². The van der Waals surface area contributed by atoms with Gasteiger partial charge in [-0.2, -0.15) is 0 Å². The van der Waals surface area contributed by atoms with Crippen LogP contribution in [0.2, 0.25) is 0 Å². The van der Waals surface area contributed by atoms with E-state index < -0.39 is 0 Å². The van der Waals surface area contributed by atoms with Gasteiger partial charge in [0.05, 0.1) is 0 Å². The van der Waals surface area contributed by atoms with E-state index in [2.05, 4.69) is 11.8 Å². The first-order chi connectivity index (χ1) is 8.13. The molecule has 2 fully saturated rings. The molecule has 2 heteroatoms. The molecular weight excluding hydrogens is 210 g/mol. The third kappa shape index (κ3) is 3.02. The summed E-state index contributed by atoms with van der Waals surface area (Å²) in [6.45, 7) is 6.37. The Morgan fingerprint density at radius 3 is 1.88 bits per heavy atom. The molecule has 0 atom stereocenters. The summed E-state index contributed by atoms with van der Waals surface area (Å²) in [4.78, 5) is 14.6. The second-order valence-electron chi connectivity index (χ2n) is 6.21. The molecule has 0 heterocycles. The Hall–Kier alpha value is -0.530. The van der Waals surface area contributed by atoms with Crippen molar-refractivity contribution in [1.82, 2.24) is 4.90 Å². The Morgan fingerprint density at radius 1 is 1.06 bits per heavy atom. The molecule has 2 aliphatic rings. The molecule has 0 spiro atoms. The summed E-state index contributed by atoms with van der Waals surface area (Å²) >= 11 is 0. The van der Waals surface area contributed by atoms with Crippen LogP contribution in [0.15, 0.2) is 0 Å². The van der Waals surface area contributed by atoms with Crippen molar-refractivity contribution in [2.75, 3.05) is 0 Å². The molecule has 0 N–H and O–H groups in total. The minimum Gasteiger partial charge on any atom is -0.337 e. The molecule has 1 amide bonds. The van der Waals surface area contributed by atoms with Crippen LogP contribution in [-0.4, -0.2) is 22.9 Å². The average Bonchev–Trinajstić information content (AvgIpc) is 3.14. The summed E-state index contributed by atoms with van der Waals surface area (Å²) in [6.07, 6.45) is 8.94. The second-order valence-corrected chi connectivity index (χ2v) is 6.21. The lowest BCUT2D eigenvalue weighted by atomic mass is 9.83. The predicted molar refractivity (Wildman–Crippen MR) is 70.7 cm³/mol. The fraction of sp³-hybridized carbons (Fsp3) is 0.933. The molecule has 2 nitrogen and oxygen atoms in total. The van der Waals surface area contributed by atoms with E-state index in [9.17, 15) is 4.79 Å². The molecule has 0 bridgehead atoms. The zero-order valence-corrected chi connectivity index (χ0v) is 11.6. The highest BCUT2D eigenvalue weighted by Gasteiger charge is 2.39. The van der Waals surface area contributed by atoms with Gasteiger partial charge in [0, 0.05) is 18.0 Å². The maximum Gasteiger partial charge on any atom is 0.225 e. The van der Waals surface area contributed by atoms with Crippen LogP contribution in [0.4, 0.5) is 0 Å². The fourth-order valence-electron chi connectivity index (χ4n) is 3.14. The number of amides is 1. The van der Waals surface area contributed by atoms with Gasteiger partial charge in [0.1, 0.15) is 0 Å². The lowest BCUT2D eigenvalue weighted by Crippen LogP contribution is -2.45. The van der Waals surface area contributed by atoms with Gasteiger partial charge in [-0.1, -0.05) is 27.2 Å². The van der Waals surface area contributed by atoms with E-state index >= 15 is 0 Å². The smallest absolute Gasteiger partial charge is 0.225 e. The standard InChI is InChI=1S/C15H27NO/c1-4-12-5-7-13(8-6-12)16(14-9-10-14)15(17)11(2)3/h11-14H,4-10H2,1-3H3. The van der Waals surface area contributed by atoms with Gasteiger partial charge in [0.15, 0.2) is 0 Å². The van der Waals surface area contributed by atoms with Crippen molar-refractivity contribution < 1.29 is 4.79 Å². The molecule has 0 unspecified atom stereocenters. The Kier molecular flexibility index (Phi) is 4.11. The number of hydrogen-bond acceptors (Lipinski definition) is 1. The quantitative estimate of drug-likeness (QED) is 0.731. The Bertz CT molecular complexity index is 262. The molecular formula is C15H27NO. The molecule has 0 aromatic carbocycles. The maximum absolute atomic E-state index is 12.3. The summed E-state index contributed by atoms with van der Waals surface area (Å²) in [7, 11) is 0. The third-order valence-corrected chi connectivity index (χ3v) is 4.48. The van der Waals surface area contributed by atoms with Crippen LogP contribution in [0.25, 0.3) is 0 Å². The molecule has 0 aromatic rings. The number of carbonyl (C=O) groups is 1. The first-order valence-corrected chi connectivity index (χ1v) is 7.45. The predicted octanol–water partition coefficient (Wildman–Crippen LogP) is 3.60. The van der Waals surface area contributed by atoms with Crippen molar-refractivity contribution in [3.63, 3.8) is 0 Å². The van der Waals surface area contributed by atoms with Crippen LogP contribution >= 0.6 is 0 Å². The largest absolute Gasteiger partial charge is 0.337 e. The summed E-state index contributed by atoms with van der Waals surface area (Å²) < 4.78 is 0. The second kappa shape index (κ2) is 5.41. The van der Waals surface area contributed by atoms with E-state index in [1.807, 2.05) is 13.8 Å². The van der Waals surface area contributed by atoms with Crippen molar-refractivity contribution in [1.29, 1.82) is 0 Å². The zero-order valence-electron chi connectivity index (χ0n) is 11.6. The highest BCUT2D eigenvalue weighted by molar-refractivity contribution is 5.79. The van der Waals surface area contributed by atoms with Gasteiger partial charge < -0.3 is 4.90 Å². The van der Waals surface area contributed by atoms with Crippen molar-refractivity contribution in [2.24, 2.45) is 11.8 Å². The Morgan fingerprint density at radius 2 is 1.53 bits per heavy atom. The molecule has 2 saturated carbocycles. The van der Waals surface area contributed by atoms with Crippen LogP contribution in [0.5, 0.6) is 0 Å². The number of carbonyl (C=O) groups excluding carboxylic acids is 1. The van der Waals surface area contributed by atoms with Crippen LogP contribution in [0, 0.1) is 11.8 Å². The van der Waals surface area contributed by atoms with E-state index in [0.717, 1.165) is 5.92 Å².